The van der Waals surface area contributed by atoms with Gasteiger partial charge in [-0.05, 0) is 31.6 Å². The molecule has 1 fully saturated rings. The van der Waals surface area contributed by atoms with E-state index in [2.05, 4.69) is 6.92 Å². The van der Waals surface area contributed by atoms with Gasteiger partial charge in [0, 0.05) is 0 Å². The highest BCUT2D eigenvalue weighted by molar-refractivity contribution is 5.75. The summed E-state index contributed by atoms with van der Waals surface area (Å²) in [5, 5.41) is 0. The molecule has 0 bridgehead atoms. The molecule has 76 valence electrons. The highest BCUT2D eigenvalue weighted by Gasteiger charge is 2.26. The molecular formula is C10H19NO2. The van der Waals surface area contributed by atoms with E-state index in [1.165, 1.54) is 6.42 Å². The molecule has 3 unspecified atom stereocenters. The first-order valence-corrected chi connectivity index (χ1v) is 5.09. The number of nitrogens with two attached hydrogens (primary N) is 1. The summed E-state index contributed by atoms with van der Waals surface area (Å²) >= 11 is 0. The third-order valence-corrected chi connectivity index (χ3v) is 2.67. The Kier molecular flexibility index (Phi) is 3.72. The van der Waals surface area contributed by atoms with Gasteiger partial charge in [-0.3, -0.25) is 4.79 Å². The van der Waals surface area contributed by atoms with Gasteiger partial charge in [0.25, 0.3) is 0 Å². The summed E-state index contributed by atoms with van der Waals surface area (Å²) < 4.78 is 5.27. The molecule has 0 spiro atoms. The monoisotopic (exact) mass is 185 g/mol. The van der Waals surface area contributed by atoms with Crippen molar-refractivity contribution in [1.29, 1.82) is 0 Å². The molecule has 0 heterocycles. The third-order valence-electron chi connectivity index (χ3n) is 2.67. The van der Waals surface area contributed by atoms with Gasteiger partial charge in [0.1, 0.15) is 12.1 Å². The Bertz CT molecular complexity index is 182. The number of rotatable bonds is 3. The zero-order valence-corrected chi connectivity index (χ0v) is 8.45. The molecule has 0 amide bonds. The Balaban J connectivity index is 2.28. The lowest BCUT2D eigenvalue weighted by molar-refractivity contribution is -0.150. The molecule has 0 aromatic rings. The number of hydrogen-bond donors (Lipinski definition) is 1. The molecule has 1 aliphatic rings. The summed E-state index contributed by atoms with van der Waals surface area (Å²) in [7, 11) is 0. The van der Waals surface area contributed by atoms with Crippen molar-refractivity contribution in [3.05, 3.63) is 0 Å². The topological polar surface area (TPSA) is 52.3 Å². The second-order valence-electron chi connectivity index (χ2n) is 3.99. The van der Waals surface area contributed by atoms with Crippen LogP contribution in [0.1, 0.15) is 39.5 Å². The van der Waals surface area contributed by atoms with Crippen LogP contribution in [0.4, 0.5) is 0 Å². The van der Waals surface area contributed by atoms with Crippen molar-refractivity contribution >= 4 is 5.97 Å². The van der Waals surface area contributed by atoms with Gasteiger partial charge in [-0.25, -0.2) is 0 Å². The lowest BCUT2D eigenvalue weighted by Gasteiger charge is -2.14. The molecule has 1 rings (SSSR count). The van der Waals surface area contributed by atoms with E-state index in [1.54, 1.807) is 0 Å². The standard InChI is InChI=1S/C10H19NO2/c1-3-9(11)10(12)13-8-5-4-7(2)6-8/h7-9H,3-6,11H2,1-2H3. The van der Waals surface area contributed by atoms with Crippen LogP contribution in [0.2, 0.25) is 0 Å². The van der Waals surface area contributed by atoms with Crippen LogP contribution in [0, 0.1) is 5.92 Å². The molecule has 3 heteroatoms. The summed E-state index contributed by atoms with van der Waals surface area (Å²) in [4.78, 5) is 11.3. The van der Waals surface area contributed by atoms with Gasteiger partial charge in [-0.1, -0.05) is 13.8 Å². The minimum atomic E-state index is -0.434. The maximum atomic E-state index is 11.3. The summed E-state index contributed by atoms with van der Waals surface area (Å²) in [6.45, 7) is 4.08. The first-order valence-electron chi connectivity index (χ1n) is 5.09. The van der Waals surface area contributed by atoms with Crippen LogP contribution >= 0.6 is 0 Å². The Morgan fingerprint density at radius 1 is 1.62 bits per heavy atom. The SMILES string of the molecule is CCC(N)C(=O)OC1CCC(C)C1. The Labute approximate surface area is 79.6 Å². The third kappa shape index (κ3) is 2.99. The minimum Gasteiger partial charge on any atom is -0.461 e. The van der Waals surface area contributed by atoms with Gasteiger partial charge in [0.15, 0.2) is 0 Å². The van der Waals surface area contributed by atoms with Crippen LogP contribution in [0.15, 0.2) is 0 Å². The van der Waals surface area contributed by atoms with Crippen molar-refractivity contribution in [3.8, 4) is 0 Å². The second kappa shape index (κ2) is 4.61. The zero-order valence-electron chi connectivity index (χ0n) is 8.45. The van der Waals surface area contributed by atoms with Gasteiger partial charge in [-0.15, -0.1) is 0 Å². The molecule has 1 aliphatic carbocycles. The van der Waals surface area contributed by atoms with Crippen LogP contribution < -0.4 is 5.73 Å². The lowest BCUT2D eigenvalue weighted by Crippen LogP contribution is -2.33. The average Bonchev–Trinajstić information content (AvgIpc) is 2.49. The quantitative estimate of drug-likeness (QED) is 0.677. The van der Waals surface area contributed by atoms with E-state index < -0.39 is 6.04 Å². The van der Waals surface area contributed by atoms with Crippen LogP contribution in [0.5, 0.6) is 0 Å². The van der Waals surface area contributed by atoms with Crippen LogP contribution in [-0.4, -0.2) is 18.1 Å². The number of esters is 1. The van der Waals surface area contributed by atoms with Crippen LogP contribution in [-0.2, 0) is 9.53 Å². The molecule has 1 saturated carbocycles. The molecule has 13 heavy (non-hydrogen) atoms. The fraction of sp³-hybridized carbons (Fsp3) is 0.900. The van der Waals surface area contributed by atoms with Crippen molar-refractivity contribution < 1.29 is 9.53 Å². The largest absolute Gasteiger partial charge is 0.461 e. The molecule has 2 N–H and O–H groups in total. The van der Waals surface area contributed by atoms with Crippen molar-refractivity contribution in [2.75, 3.05) is 0 Å². The van der Waals surface area contributed by atoms with E-state index in [-0.39, 0.29) is 12.1 Å². The predicted octanol–water partition coefficient (Wildman–Crippen LogP) is 1.46. The number of hydrogen-bond acceptors (Lipinski definition) is 3. The summed E-state index contributed by atoms with van der Waals surface area (Å²) in [6, 6.07) is -0.434. The van der Waals surface area contributed by atoms with E-state index in [1.807, 2.05) is 6.92 Å². The molecule has 3 nitrogen and oxygen atoms in total. The summed E-state index contributed by atoms with van der Waals surface area (Å²) in [5.74, 6) is 0.456. The maximum absolute atomic E-state index is 11.3. The fourth-order valence-electron chi connectivity index (χ4n) is 1.68. The molecule has 0 saturated heterocycles. The van der Waals surface area contributed by atoms with E-state index in [4.69, 9.17) is 10.5 Å². The van der Waals surface area contributed by atoms with Gasteiger partial charge in [-0.2, -0.15) is 0 Å². The zero-order chi connectivity index (χ0) is 9.84. The van der Waals surface area contributed by atoms with E-state index >= 15 is 0 Å². The smallest absolute Gasteiger partial charge is 0.323 e. The van der Waals surface area contributed by atoms with Crippen molar-refractivity contribution in [2.24, 2.45) is 11.7 Å². The Morgan fingerprint density at radius 3 is 2.77 bits per heavy atom. The fourth-order valence-corrected chi connectivity index (χ4v) is 1.68. The van der Waals surface area contributed by atoms with E-state index in [0.29, 0.717) is 12.3 Å². The van der Waals surface area contributed by atoms with Crippen molar-refractivity contribution in [2.45, 2.75) is 51.7 Å². The predicted molar refractivity (Wildman–Crippen MR) is 51.2 cm³/mol. The summed E-state index contributed by atoms with van der Waals surface area (Å²) in [6.07, 6.45) is 3.95. The molecule has 0 aliphatic heterocycles. The highest BCUT2D eigenvalue weighted by atomic mass is 16.5. The lowest BCUT2D eigenvalue weighted by atomic mass is 10.1. The second-order valence-corrected chi connectivity index (χ2v) is 3.99. The van der Waals surface area contributed by atoms with Gasteiger partial charge < -0.3 is 10.5 Å². The Morgan fingerprint density at radius 2 is 2.31 bits per heavy atom. The van der Waals surface area contributed by atoms with Gasteiger partial charge in [0.05, 0.1) is 0 Å². The summed E-state index contributed by atoms with van der Waals surface area (Å²) in [5.41, 5.74) is 5.55. The highest BCUT2D eigenvalue weighted by Crippen LogP contribution is 2.27. The minimum absolute atomic E-state index is 0.125. The number of ether oxygens (including phenoxy) is 1. The molecular weight excluding hydrogens is 166 g/mol. The number of carbonyl (C=O) groups is 1. The van der Waals surface area contributed by atoms with E-state index in [9.17, 15) is 4.79 Å². The van der Waals surface area contributed by atoms with Crippen LogP contribution in [0.25, 0.3) is 0 Å². The maximum Gasteiger partial charge on any atom is 0.323 e. The first-order chi connectivity index (χ1) is 6.13. The average molecular weight is 185 g/mol. The van der Waals surface area contributed by atoms with E-state index in [0.717, 1.165) is 12.8 Å². The normalized spacial score (nSPS) is 30.1. The Hall–Kier alpha value is -0.570. The molecule has 3 atom stereocenters. The molecule has 0 aromatic carbocycles. The first kappa shape index (κ1) is 10.5. The van der Waals surface area contributed by atoms with Gasteiger partial charge >= 0.3 is 5.97 Å². The molecule has 0 radical (unpaired) electrons. The molecule has 0 aromatic heterocycles. The van der Waals surface area contributed by atoms with Crippen LogP contribution in [0.3, 0.4) is 0 Å². The van der Waals surface area contributed by atoms with Crippen molar-refractivity contribution in [3.63, 3.8) is 0 Å². The van der Waals surface area contributed by atoms with Crippen molar-refractivity contribution in [1.82, 2.24) is 0 Å². The number of carbonyl (C=O) groups excluding carboxylic acids is 1. The van der Waals surface area contributed by atoms with Gasteiger partial charge in [0.2, 0.25) is 0 Å².